The molecule has 0 aliphatic rings. The monoisotopic (exact) mass is 370 g/mol. The molecular formula is C11H13BrF2N2O3S. The van der Waals surface area contributed by atoms with Crippen molar-refractivity contribution < 1.29 is 22.0 Å². The molecule has 0 unspecified atom stereocenters. The van der Waals surface area contributed by atoms with E-state index in [1.807, 2.05) is 0 Å². The van der Waals surface area contributed by atoms with Gasteiger partial charge in [-0.15, -0.1) is 0 Å². The lowest BCUT2D eigenvalue weighted by atomic mass is 10.3. The minimum absolute atomic E-state index is 0.237. The van der Waals surface area contributed by atoms with Gasteiger partial charge in [-0.2, -0.15) is 4.31 Å². The van der Waals surface area contributed by atoms with Gasteiger partial charge >= 0.3 is 0 Å². The van der Waals surface area contributed by atoms with Gasteiger partial charge in [-0.05, 0) is 22.0 Å². The first-order valence-electron chi connectivity index (χ1n) is 5.38. The number of carbonyl (C=O) groups is 1. The average Bonchev–Trinajstić information content (AvgIpc) is 2.26. The number of sulfonamides is 1. The number of carbonyl (C=O) groups excluding carboxylic acids is 1. The van der Waals surface area contributed by atoms with E-state index in [9.17, 15) is 22.0 Å². The predicted molar refractivity (Wildman–Crippen MR) is 72.6 cm³/mol. The topological polar surface area (TPSA) is 57.7 Å². The number of benzene rings is 1. The van der Waals surface area contributed by atoms with Crippen molar-refractivity contribution >= 4 is 31.9 Å². The second-order valence-corrected chi connectivity index (χ2v) is 7.08. The first kappa shape index (κ1) is 17.0. The summed E-state index contributed by atoms with van der Waals surface area (Å²) in [5.74, 6) is -2.59. The molecule has 0 aliphatic heterocycles. The van der Waals surface area contributed by atoms with Gasteiger partial charge in [0.05, 0.1) is 6.54 Å². The van der Waals surface area contributed by atoms with Crippen LogP contribution in [0.15, 0.2) is 21.5 Å². The summed E-state index contributed by atoms with van der Waals surface area (Å²) in [6.07, 6.45) is 0. The number of nitrogens with zero attached hydrogens (tertiary/aromatic N) is 2. The molecule has 0 bridgehead atoms. The minimum Gasteiger partial charge on any atom is -0.348 e. The molecule has 1 aromatic rings. The highest BCUT2D eigenvalue weighted by Gasteiger charge is 2.29. The Hall–Kier alpha value is -1.06. The van der Waals surface area contributed by atoms with E-state index in [-0.39, 0.29) is 4.47 Å². The Kier molecular flexibility index (Phi) is 5.22. The Morgan fingerprint density at radius 2 is 1.80 bits per heavy atom. The van der Waals surface area contributed by atoms with Gasteiger partial charge in [-0.1, -0.05) is 0 Å². The quantitative estimate of drug-likeness (QED) is 0.805. The molecule has 0 atom stereocenters. The van der Waals surface area contributed by atoms with E-state index in [0.29, 0.717) is 10.4 Å². The Bertz CT molecular complexity index is 612. The summed E-state index contributed by atoms with van der Waals surface area (Å²) in [5.41, 5.74) is 0. The maximum atomic E-state index is 13.7. The van der Waals surface area contributed by atoms with Crippen LogP contribution in [-0.2, 0) is 14.8 Å². The summed E-state index contributed by atoms with van der Waals surface area (Å²) < 4.78 is 51.5. The lowest BCUT2D eigenvalue weighted by molar-refractivity contribution is -0.128. The van der Waals surface area contributed by atoms with Crippen molar-refractivity contribution in [3.63, 3.8) is 0 Å². The van der Waals surface area contributed by atoms with Gasteiger partial charge in [0.1, 0.15) is 16.5 Å². The van der Waals surface area contributed by atoms with Crippen LogP contribution < -0.4 is 0 Å². The van der Waals surface area contributed by atoms with Gasteiger partial charge in [0, 0.05) is 31.7 Å². The molecule has 1 rings (SSSR count). The number of amides is 1. The standard InChI is InChI=1S/C11H13BrF2N2O3S/c1-15(2)10(17)6-16(3)20(18,19)11-8(12)4-7(13)5-9(11)14/h4-5H,6H2,1-3H3. The van der Waals surface area contributed by atoms with Crippen LogP contribution in [0.4, 0.5) is 8.78 Å². The van der Waals surface area contributed by atoms with Crippen LogP contribution in [-0.4, -0.2) is 51.2 Å². The molecular weight excluding hydrogens is 358 g/mol. The zero-order valence-corrected chi connectivity index (χ0v) is 13.4. The highest BCUT2D eigenvalue weighted by molar-refractivity contribution is 9.10. The minimum atomic E-state index is -4.25. The smallest absolute Gasteiger partial charge is 0.247 e. The fourth-order valence-electron chi connectivity index (χ4n) is 1.35. The normalized spacial score (nSPS) is 11.8. The first-order valence-corrected chi connectivity index (χ1v) is 7.61. The zero-order valence-electron chi connectivity index (χ0n) is 11.0. The molecule has 112 valence electrons. The van der Waals surface area contributed by atoms with Gasteiger partial charge in [0.2, 0.25) is 15.9 Å². The summed E-state index contributed by atoms with van der Waals surface area (Å²) in [6.45, 7) is -0.446. The Morgan fingerprint density at radius 1 is 1.25 bits per heavy atom. The third-order valence-corrected chi connectivity index (χ3v) is 5.26. The SMILES string of the molecule is CN(C)C(=O)CN(C)S(=O)(=O)c1c(F)cc(F)cc1Br. The molecule has 9 heteroatoms. The van der Waals surface area contributed by atoms with Crippen molar-refractivity contribution in [2.24, 2.45) is 0 Å². The molecule has 1 aromatic carbocycles. The molecule has 0 aromatic heterocycles. The lowest BCUT2D eigenvalue weighted by Crippen LogP contribution is -2.38. The maximum Gasteiger partial charge on any atom is 0.247 e. The maximum absolute atomic E-state index is 13.7. The van der Waals surface area contributed by atoms with Crippen molar-refractivity contribution in [3.05, 3.63) is 28.2 Å². The summed E-state index contributed by atoms with van der Waals surface area (Å²) >= 11 is 2.82. The molecule has 0 saturated carbocycles. The molecule has 0 radical (unpaired) electrons. The van der Waals surface area contributed by atoms with E-state index in [0.717, 1.165) is 13.1 Å². The number of rotatable bonds is 4. The van der Waals surface area contributed by atoms with Crippen LogP contribution in [0.1, 0.15) is 0 Å². The van der Waals surface area contributed by atoms with Crippen LogP contribution in [0.2, 0.25) is 0 Å². The van der Waals surface area contributed by atoms with Gasteiger partial charge in [-0.3, -0.25) is 4.79 Å². The molecule has 0 saturated heterocycles. The van der Waals surface area contributed by atoms with Crippen molar-refractivity contribution in [1.82, 2.24) is 9.21 Å². The van der Waals surface area contributed by atoms with E-state index in [1.165, 1.54) is 19.0 Å². The van der Waals surface area contributed by atoms with Crippen molar-refractivity contribution in [1.29, 1.82) is 0 Å². The Balaban J connectivity index is 3.21. The van der Waals surface area contributed by atoms with E-state index in [4.69, 9.17) is 0 Å². The van der Waals surface area contributed by atoms with Gasteiger partial charge < -0.3 is 4.90 Å². The second-order valence-electron chi connectivity index (χ2n) is 4.25. The summed E-state index contributed by atoms with van der Waals surface area (Å²) in [5, 5.41) is 0. The van der Waals surface area contributed by atoms with Crippen molar-refractivity contribution in [3.8, 4) is 0 Å². The zero-order chi connectivity index (χ0) is 15.7. The van der Waals surface area contributed by atoms with E-state index >= 15 is 0 Å². The van der Waals surface area contributed by atoms with Crippen LogP contribution in [0, 0.1) is 11.6 Å². The van der Waals surface area contributed by atoms with Crippen molar-refractivity contribution in [2.75, 3.05) is 27.7 Å². The molecule has 0 aliphatic carbocycles. The third kappa shape index (κ3) is 3.53. The van der Waals surface area contributed by atoms with Gasteiger partial charge in [0.25, 0.3) is 0 Å². The largest absolute Gasteiger partial charge is 0.348 e. The highest BCUT2D eigenvalue weighted by atomic mass is 79.9. The second kappa shape index (κ2) is 6.15. The third-order valence-electron chi connectivity index (χ3n) is 2.49. The average molecular weight is 371 g/mol. The number of hydrogen-bond donors (Lipinski definition) is 0. The van der Waals surface area contributed by atoms with Gasteiger partial charge in [-0.25, -0.2) is 17.2 Å². The lowest BCUT2D eigenvalue weighted by Gasteiger charge is -2.20. The number of likely N-dealkylation sites (N-methyl/N-ethyl adjacent to an activating group) is 2. The molecule has 0 fully saturated rings. The fraction of sp³-hybridized carbons (Fsp3) is 0.364. The number of halogens is 3. The van der Waals surface area contributed by atoms with Crippen molar-refractivity contribution in [2.45, 2.75) is 4.90 Å². The van der Waals surface area contributed by atoms with Gasteiger partial charge in [0.15, 0.2) is 0 Å². The van der Waals surface area contributed by atoms with Crippen LogP contribution in [0.5, 0.6) is 0 Å². The summed E-state index contributed by atoms with van der Waals surface area (Å²) in [7, 11) is -0.165. The van der Waals surface area contributed by atoms with E-state index < -0.39 is 39.0 Å². The summed E-state index contributed by atoms with van der Waals surface area (Å²) in [6, 6.07) is 1.32. The number of hydrogen-bond acceptors (Lipinski definition) is 3. The molecule has 0 heterocycles. The predicted octanol–water partition coefficient (Wildman–Crippen LogP) is 1.44. The Labute approximate surface area is 124 Å². The molecule has 0 N–H and O–H groups in total. The molecule has 5 nitrogen and oxygen atoms in total. The summed E-state index contributed by atoms with van der Waals surface area (Å²) in [4.78, 5) is 12.0. The Morgan fingerprint density at radius 3 is 2.25 bits per heavy atom. The van der Waals surface area contributed by atoms with E-state index in [1.54, 1.807) is 0 Å². The molecule has 20 heavy (non-hydrogen) atoms. The first-order chi connectivity index (χ1) is 9.07. The van der Waals surface area contributed by atoms with Crippen LogP contribution in [0.25, 0.3) is 0 Å². The molecule has 0 spiro atoms. The molecule has 1 amide bonds. The van der Waals surface area contributed by atoms with E-state index in [2.05, 4.69) is 15.9 Å². The highest BCUT2D eigenvalue weighted by Crippen LogP contribution is 2.28. The van der Waals surface area contributed by atoms with Crippen LogP contribution >= 0.6 is 15.9 Å². The van der Waals surface area contributed by atoms with Crippen LogP contribution in [0.3, 0.4) is 0 Å². The fourth-order valence-corrected chi connectivity index (χ4v) is 3.57.